The number of aliphatic hydroxyl groups excluding tert-OH is 1. The van der Waals surface area contributed by atoms with Crippen LogP contribution >= 0.6 is 11.6 Å². The maximum atomic E-state index is 9.01. The van der Waals surface area contributed by atoms with Crippen molar-refractivity contribution in [3.63, 3.8) is 0 Å². The van der Waals surface area contributed by atoms with Gasteiger partial charge in [-0.15, -0.1) is 0 Å². The van der Waals surface area contributed by atoms with Gasteiger partial charge in [-0.05, 0) is 48.9 Å². The summed E-state index contributed by atoms with van der Waals surface area (Å²) < 4.78 is 0. The van der Waals surface area contributed by atoms with Gasteiger partial charge in [-0.25, -0.2) is 15.0 Å². The van der Waals surface area contributed by atoms with Crippen molar-refractivity contribution < 1.29 is 5.11 Å². The van der Waals surface area contributed by atoms with Crippen molar-refractivity contribution in [1.82, 2.24) is 19.9 Å². The highest BCUT2D eigenvalue weighted by molar-refractivity contribution is 6.30. The first-order chi connectivity index (χ1) is 15.2. The summed E-state index contributed by atoms with van der Waals surface area (Å²) in [6.45, 7) is 0.756. The minimum Gasteiger partial charge on any atom is -0.396 e. The molecule has 0 radical (unpaired) electrons. The minimum atomic E-state index is 0.126. The monoisotopic (exact) mass is 432 g/mol. The molecule has 0 bridgehead atoms. The van der Waals surface area contributed by atoms with E-state index in [1.807, 2.05) is 54.6 Å². The van der Waals surface area contributed by atoms with Gasteiger partial charge in [0.1, 0.15) is 5.82 Å². The van der Waals surface area contributed by atoms with E-state index in [9.17, 15) is 0 Å². The Hall–Kier alpha value is -3.55. The Morgan fingerprint density at radius 2 is 1.87 bits per heavy atom. The Kier molecular flexibility index (Phi) is 6.66. The highest BCUT2D eigenvalue weighted by atomic mass is 35.5. The lowest BCUT2D eigenvalue weighted by Crippen LogP contribution is -2.05. The standard InChI is InChI=1S/C23H21ClN6O/c24-17-5-3-6-18(14-17)29-23-28-15-19(20-7-1-2-9-25-20)22(30-23)16-8-11-27-21(13-16)26-10-4-12-31/h1-3,5-9,11,13-15,31H,4,10,12H2,(H,26,27)(H,28,29,30). The summed E-state index contributed by atoms with van der Waals surface area (Å²) in [6, 6.07) is 16.9. The normalized spacial score (nSPS) is 10.6. The van der Waals surface area contributed by atoms with Gasteiger partial charge in [0.05, 0.1) is 11.4 Å². The maximum Gasteiger partial charge on any atom is 0.227 e. The van der Waals surface area contributed by atoms with Crippen LogP contribution in [0.25, 0.3) is 22.5 Å². The molecule has 7 nitrogen and oxygen atoms in total. The van der Waals surface area contributed by atoms with Crippen LogP contribution in [0, 0.1) is 0 Å². The molecule has 4 aromatic rings. The maximum absolute atomic E-state index is 9.01. The van der Waals surface area contributed by atoms with Crippen LogP contribution in [-0.4, -0.2) is 38.2 Å². The van der Waals surface area contributed by atoms with Crippen LogP contribution in [0.2, 0.25) is 5.02 Å². The van der Waals surface area contributed by atoms with Gasteiger partial charge in [0, 0.05) is 53.6 Å². The van der Waals surface area contributed by atoms with Crippen LogP contribution < -0.4 is 10.6 Å². The molecule has 3 heterocycles. The van der Waals surface area contributed by atoms with E-state index < -0.39 is 0 Å². The molecule has 0 spiro atoms. The lowest BCUT2D eigenvalue weighted by Gasteiger charge is -2.12. The quantitative estimate of drug-likeness (QED) is 0.344. The first-order valence-corrected chi connectivity index (χ1v) is 10.2. The number of nitrogens with one attached hydrogen (secondary N) is 2. The molecule has 1 aromatic carbocycles. The van der Waals surface area contributed by atoms with E-state index in [-0.39, 0.29) is 6.61 Å². The molecule has 4 rings (SSSR count). The van der Waals surface area contributed by atoms with Crippen LogP contribution in [0.4, 0.5) is 17.5 Å². The SMILES string of the molecule is OCCCNc1cc(-c2nc(Nc3cccc(Cl)c3)ncc2-c2ccccn2)ccn1. The number of nitrogens with zero attached hydrogens (tertiary/aromatic N) is 4. The summed E-state index contributed by atoms with van der Waals surface area (Å²) in [5, 5.41) is 16.1. The summed E-state index contributed by atoms with van der Waals surface area (Å²) in [5.74, 6) is 1.16. The third-order valence-corrected chi connectivity index (χ3v) is 4.72. The zero-order valence-electron chi connectivity index (χ0n) is 16.7. The third kappa shape index (κ3) is 5.33. The van der Waals surface area contributed by atoms with Crippen LogP contribution in [0.1, 0.15) is 6.42 Å². The lowest BCUT2D eigenvalue weighted by atomic mass is 10.1. The first-order valence-electron chi connectivity index (χ1n) is 9.85. The third-order valence-electron chi connectivity index (χ3n) is 4.48. The minimum absolute atomic E-state index is 0.126. The van der Waals surface area contributed by atoms with Gasteiger partial charge in [0.25, 0.3) is 0 Å². The van der Waals surface area contributed by atoms with Crippen molar-refractivity contribution >= 4 is 29.1 Å². The molecule has 31 heavy (non-hydrogen) atoms. The van der Waals surface area contributed by atoms with Crippen LogP contribution in [0.15, 0.2) is 73.2 Å². The van der Waals surface area contributed by atoms with Gasteiger partial charge >= 0.3 is 0 Å². The predicted molar refractivity (Wildman–Crippen MR) is 123 cm³/mol. The summed E-state index contributed by atoms with van der Waals surface area (Å²) in [7, 11) is 0. The van der Waals surface area contributed by atoms with Crippen LogP contribution in [0.5, 0.6) is 0 Å². The molecule has 156 valence electrons. The molecule has 0 saturated carbocycles. The van der Waals surface area contributed by atoms with E-state index in [1.54, 1.807) is 18.6 Å². The Morgan fingerprint density at radius 3 is 2.68 bits per heavy atom. The molecular weight excluding hydrogens is 412 g/mol. The first kappa shape index (κ1) is 20.7. The van der Waals surface area contributed by atoms with Gasteiger partial charge in [-0.3, -0.25) is 4.98 Å². The van der Waals surface area contributed by atoms with E-state index >= 15 is 0 Å². The predicted octanol–water partition coefficient (Wildman–Crippen LogP) is 4.79. The lowest BCUT2D eigenvalue weighted by molar-refractivity contribution is 0.292. The number of hydrogen-bond donors (Lipinski definition) is 3. The number of anilines is 3. The zero-order chi connectivity index (χ0) is 21.5. The number of benzene rings is 1. The fraction of sp³-hybridized carbons (Fsp3) is 0.130. The molecule has 3 aromatic heterocycles. The highest BCUT2D eigenvalue weighted by Gasteiger charge is 2.14. The molecule has 0 aliphatic carbocycles. The summed E-state index contributed by atoms with van der Waals surface area (Å²) in [5.41, 5.74) is 3.98. The van der Waals surface area contributed by atoms with E-state index in [1.165, 1.54) is 0 Å². The molecule has 0 amide bonds. The van der Waals surface area contributed by atoms with Gasteiger partial charge in [0.15, 0.2) is 0 Å². The molecule has 0 saturated heterocycles. The second kappa shape index (κ2) is 9.97. The van der Waals surface area contributed by atoms with Crippen molar-refractivity contribution in [2.75, 3.05) is 23.8 Å². The Morgan fingerprint density at radius 1 is 0.935 bits per heavy atom. The number of aliphatic hydroxyl groups is 1. The van der Waals surface area contributed by atoms with Crippen LogP contribution in [0.3, 0.4) is 0 Å². The number of aromatic nitrogens is 4. The summed E-state index contributed by atoms with van der Waals surface area (Å²) >= 11 is 6.09. The Bertz CT molecular complexity index is 1160. The molecule has 0 aliphatic rings. The zero-order valence-corrected chi connectivity index (χ0v) is 17.4. The fourth-order valence-corrected chi connectivity index (χ4v) is 3.23. The molecule has 3 N–H and O–H groups in total. The van der Waals surface area contributed by atoms with Gasteiger partial charge in [-0.2, -0.15) is 0 Å². The average Bonchev–Trinajstić information content (AvgIpc) is 2.80. The fourth-order valence-electron chi connectivity index (χ4n) is 3.04. The second-order valence-electron chi connectivity index (χ2n) is 6.74. The molecular formula is C23H21ClN6O. The van der Waals surface area contributed by atoms with Crippen molar-refractivity contribution in [3.05, 3.63) is 78.2 Å². The van der Waals surface area contributed by atoms with Gasteiger partial charge in [0.2, 0.25) is 5.95 Å². The number of pyridine rings is 2. The number of halogens is 1. The highest BCUT2D eigenvalue weighted by Crippen LogP contribution is 2.31. The molecule has 0 fully saturated rings. The molecule has 0 atom stereocenters. The topological polar surface area (TPSA) is 95.8 Å². The smallest absolute Gasteiger partial charge is 0.227 e. The Labute approximate surface area is 185 Å². The van der Waals surface area contributed by atoms with Gasteiger partial charge in [-0.1, -0.05) is 23.7 Å². The van der Waals surface area contributed by atoms with Crippen molar-refractivity contribution in [1.29, 1.82) is 0 Å². The van der Waals surface area contributed by atoms with Crippen molar-refractivity contribution in [2.45, 2.75) is 6.42 Å². The molecule has 0 aliphatic heterocycles. The molecule has 8 heteroatoms. The van der Waals surface area contributed by atoms with Gasteiger partial charge < -0.3 is 15.7 Å². The van der Waals surface area contributed by atoms with Crippen molar-refractivity contribution in [3.8, 4) is 22.5 Å². The second-order valence-corrected chi connectivity index (χ2v) is 7.18. The van der Waals surface area contributed by atoms with E-state index in [4.69, 9.17) is 21.7 Å². The molecule has 0 unspecified atom stereocenters. The average molecular weight is 433 g/mol. The van der Waals surface area contributed by atoms with E-state index in [0.29, 0.717) is 29.8 Å². The van der Waals surface area contributed by atoms with Crippen LogP contribution in [-0.2, 0) is 0 Å². The van der Waals surface area contributed by atoms with Crippen molar-refractivity contribution in [2.24, 2.45) is 0 Å². The number of rotatable bonds is 8. The summed E-state index contributed by atoms with van der Waals surface area (Å²) in [6.07, 6.45) is 5.87. The van der Waals surface area contributed by atoms with E-state index in [0.717, 1.165) is 28.2 Å². The Balaban J connectivity index is 1.73. The van der Waals surface area contributed by atoms with E-state index in [2.05, 4.69) is 25.6 Å². The summed E-state index contributed by atoms with van der Waals surface area (Å²) in [4.78, 5) is 18.1. The number of hydrogen-bond acceptors (Lipinski definition) is 7. The largest absolute Gasteiger partial charge is 0.396 e.